The lowest BCUT2D eigenvalue weighted by molar-refractivity contribution is -0.100. The number of hydrogen-bond donors (Lipinski definition) is 0. The molecule has 1 atom stereocenters. The molecule has 1 amide bonds. The molecule has 1 aromatic rings. The third kappa shape index (κ3) is 3.80. The molecule has 0 radical (unpaired) electrons. The fourth-order valence-corrected chi connectivity index (χ4v) is 5.89. The van der Waals surface area contributed by atoms with Crippen LogP contribution in [-0.4, -0.2) is 68.7 Å². The van der Waals surface area contributed by atoms with Gasteiger partial charge in [-0.3, -0.25) is 4.79 Å². The highest BCUT2D eigenvalue weighted by molar-refractivity contribution is 7.89. The van der Waals surface area contributed by atoms with Crippen LogP contribution in [0.15, 0.2) is 23.1 Å². The Morgan fingerprint density at radius 2 is 1.71 bits per heavy atom. The van der Waals surface area contributed by atoms with E-state index in [1.165, 1.54) is 22.5 Å². The van der Waals surface area contributed by atoms with Crippen molar-refractivity contribution >= 4 is 27.5 Å². The normalized spacial score (nSPS) is 24.8. The number of piperidine rings is 1. The van der Waals surface area contributed by atoms with E-state index >= 15 is 0 Å². The Morgan fingerprint density at radius 3 is 2.43 bits per heavy atom. The number of sulfonamides is 1. The maximum atomic E-state index is 13.3. The first kappa shape index (κ1) is 20.1. The summed E-state index contributed by atoms with van der Waals surface area (Å²) in [7, 11) is -3.62. The van der Waals surface area contributed by atoms with E-state index in [1.807, 2.05) is 0 Å². The van der Waals surface area contributed by atoms with Crippen LogP contribution in [0.5, 0.6) is 0 Å². The second kappa shape index (κ2) is 8.28. The van der Waals surface area contributed by atoms with Crippen LogP contribution in [0, 0.1) is 0 Å². The fraction of sp³-hybridized carbons (Fsp3) is 0.632. The largest absolute Gasteiger partial charge is 0.348 e. The Bertz CT molecular complexity index is 835. The van der Waals surface area contributed by atoms with Crippen LogP contribution < -0.4 is 0 Å². The molecular formula is C19H25ClN2O5S. The highest BCUT2D eigenvalue weighted by Crippen LogP contribution is 2.30. The Hall–Kier alpha value is -1.19. The van der Waals surface area contributed by atoms with E-state index in [0.29, 0.717) is 32.8 Å². The SMILES string of the molecule is O=C(c1cc(S(=O)(=O)N2CCCC2)ccc1Cl)N1CCCCC1C1OCCO1. The maximum absolute atomic E-state index is 13.3. The van der Waals surface area contributed by atoms with E-state index < -0.39 is 16.3 Å². The molecule has 4 rings (SSSR count). The van der Waals surface area contributed by atoms with Gasteiger partial charge in [0.15, 0.2) is 6.29 Å². The first-order chi connectivity index (χ1) is 13.5. The zero-order chi connectivity index (χ0) is 19.7. The second-order valence-electron chi connectivity index (χ2n) is 7.42. The summed E-state index contributed by atoms with van der Waals surface area (Å²) in [6.45, 7) is 2.64. The number of ether oxygens (including phenoxy) is 2. The van der Waals surface area contributed by atoms with Crippen molar-refractivity contribution in [3.8, 4) is 0 Å². The molecule has 0 bridgehead atoms. The molecule has 0 spiro atoms. The topological polar surface area (TPSA) is 76.2 Å². The van der Waals surface area contributed by atoms with Gasteiger partial charge in [-0.1, -0.05) is 11.6 Å². The van der Waals surface area contributed by atoms with Gasteiger partial charge >= 0.3 is 0 Å². The van der Waals surface area contributed by atoms with Crippen LogP contribution in [0.1, 0.15) is 42.5 Å². The number of carbonyl (C=O) groups excluding carboxylic acids is 1. The zero-order valence-corrected chi connectivity index (χ0v) is 17.3. The van der Waals surface area contributed by atoms with Crippen molar-refractivity contribution in [2.45, 2.75) is 49.3 Å². The monoisotopic (exact) mass is 428 g/mol. The molecule has 0 saturated carbocycles. The van der Waals surface area contributed by atoms with Crippen molar-refractivity contribution in [2.24, 2.45) is 0 Å². The number of carbonyl (C=O) groups is 1. The van der Waals surface area contributed by atoms with Crippen molar-refractivity contribution in [3.05, 3.63) is 28.8 Å². The van der Waals surface area contributed by atoms with Gasteiger partial charge in [0, 0.05) is 19.6 Å². The molecule has 0 aromatic heterocycles. The average Bonchev–Trinajstić information content (AvgIpc) is 3.42. The summed E-state index contributed by atoms with van der Waals surface area (Å²) in [5.41, 5.74) is 0.215. The lowest BCUT2D eigenvalue weighted by Crippen LogP contribution is -2.50. The van der Waals surface area contributed by atoms with E-state index in [0.717, 1.165) is 32.1 Å². The quantitative estimate of drug-likeness (QED) is 0.736. The summed E-state index contributed by atoms with van der Waals surface area (Å²) >= 11 is 6.31. The van der Waals surface area contributed by atoms with Gasteiger partial charge in [-0.2, -0.15) is 4.31 Å². The zero-order valence-electron chi connectivity index (χ0n) is 15.7. The van der Waals surface area contributed by atoms with Gasteiger partial charge in [0.25, 0.3) is 5.91 Å². The van der Waals surface area contributed by atoms with Crippen molar-refractivity contribution in [2.75, 3.05) is 32.8 Å². The molecular weight excluding hydrogens is 404 g/mol. The van der Waals surface area contributed by atoms with E-state index in [9.17, 15) is 13.2 Å². The first-order valence-electron chi connectivity index (χ1n) is 9.82. The molecule has 3 aliphatic rings. The highest BCUT2D eigenvalue weighted by atomic mass is 35.5. The van der Waals surface area contributed by atoms with Crippen LogP contribution in [0.3, 0.4) is 0 Å². The van der Waals surface area contributed by atoms with Gasteiger partial charge in [0.05, 0.1) is 34.7 Å². The molecule has 3 heterocycles. The number of halogens is 1. The first-order valence-corrected chi connectivity index (χ1v) is 11.6. The summed E-state index contributed by atoms with van der Waals surface area (Å²) in [6.07, 6.45) is 3.96. The number of hydrogen-bond acceptors (Lipinski definition) is 5. The molecule has 9 heteroatoms. The Labute approximate surface area is 170 Å². The van der Waals surface area contributed by atoms with Gasteiger partial charge < -0.3 is 14.4 Å². The predicted octanol–water partition coefficient (Wildman–Crippen LogP) is 2.49. The number of amides is 1. The number of nitrogens with zero attached hydrogens (tertiary/aromatic N) is 2. The smallest absolute Gasteiger partial charge is 0.255 e. The van der Waals surface area contributed by atoms with Crippen molar-refractivity contribution < 1.29 is 22.7 Å². The molecule has 3 aliphatic heterocycles. The van der Waals surface area contributed by atoms with Crippen LogP contribution in [0.2, 0.25) is 5.02 Å². The van der Waals surface area contributed by atoms with Crippen LogP contribution in [0.4, 0.5) is 0 Å². The molecule has 28 heavy (non-hydrogen) atoms. The second-order valence-corrected chi connectivity index (χ2v) is 9.77. The van der Waals surface area contributed by atoms with Crippen molar-refractivity contribution in [1.82, 2.24) is 9.21 Å². The average molecular weight is 429 g/mol. The van der Waals surface area contributed by atoms with E-state index in [1.54, 1.807) is 4.90 Å². The minimum Gasteiger partial charge on any atom is -0.348 e. The van der Waals surface area contributed by atoms with Crippen LogP contribution in [-0.2, 0) is 19.5 Å². The van der Waals surface area contributed by atoms with Gasteiger partial charge in [0.1, 0.15) is 0 Å². The summed E-state index contributed by atoms with van der Waals surface area (Å²) in [6, 6.07) is 4.21. The van der Waals surface area contributed by atoms with Crippen LogP contribution >= 0.6 is 11.6 Å². The molecule has 1 unspecified atom stereocenters. The van der Waals surface area contributed by atoms with Gasteiger partial charge in [-0.25, -0.2) is 8.42 Å². The van der Waals surface area contributed by atoms with Crippen molar-refractivity contribution in [3.63, 3.8) is 0 Å². The summed E-state index contributed by atoms with van der Waals surface area (Å²) in [5, 5.41) is 0.253. The van der Waals surface area contributed by atoms with Gasteiger partial charge in [-0.15, -0.1) is 0 Å². The molecule has 3 fully saturated rings. The lowest BCUT2D eigenvalue weighted by atomic mass is 10.00. The third-order valence-electron chi connectivity index (χ3n) is 5.64. The third-order valence-corrected chi connectivity index (χ3v) is 7.87. The Balaban J connectivity index is 1.63. The summed E-state index contributed by atoms with van der Waals surface area (Å²) < 4.78 is 38.5. The lowest BCUT2D eigenvalue weighted by Gasteiger charge is -2.38. The van der Waals surface area contributed by atoms with Crippen LogP contribution in [0.25, 0.3) is 0 Å². The Kier molecular flexibility index (Phi) is 5.94. The molecule has 0 aliphatic carbocycles. The minimum absolute atomic E-state index is 0.115. The van der Waals surface area contributed by atoms with E-state index in [2.05, 4.69) is 0 Å². The standard InChI is InChI=1S/C19H25ClN2O5S/c20-16-7-6-14(28(24,25)21-8-3-4-9-21)13-15(16)18(23)22-10-2-1-5-17(22)19-26-11-12-27-19/h6-7,13,17,19H,1-5,8-12H2. The molecule has 1 aromatic carbocycles. The number of likely N-dealkylation sites (tertiary alicyclic amines) is 1. The number of rotatable bonds is 4. The molecule has 154 valence electrons. The van der Waals surface area contributed by atoms with Crippen molar-refractivity contribution in [1.29, 1.82) is 0 Å². The Morgan fingerprint density at radius 1 is 1.04 bits per heavy atom. The predicted molar refractivity (Wildman–Crippen MR) is 104 cm³/mol. The fourth-order valence-electron chi connectivity index (χ4n) is 4.15. The highest BCUT2D eigenvalue weighted by Gasteiger charge is 2.37. The minimum atomic E-state index is -3.62. The summed E-state index contributed by atoms with van der Waals surface area (Å²) in [4.78, 5) is 15.2. The molecule has 3 saturated heterocycles. The number of benzene rings is 1. The van der Waals surface area contributed by atoms with Gasteiger partial charge in [0.2, 0.25) is 10.0 Å². The molecule has 0 N–H and O–H groups in total. The van der Waals surface area contributed by atoms with E-state index in [4.69, 9.17) is 21.1 Å². The maximum Gasteiger partial charge on any atom is 0.255 e. The van der Waals surface area contributed by atoms with E-state index in [-0.39, 0.29) is 27.4 Å². The summed E-state index contributed by atoms with van der Waals surface area (Å²) in [5.74, 6) is -0.271. The molecule has 7 nitrogen and oxygen atoms in total. The van der Waals surface area contributed by atoms with Gasteiger partial charge in [-0.05, 0) is 50.3 Å².